The summed E-state index contributed by atoms with van der Waals surface area (Å²) in [5, 5.41) is 10.3. The first-order valence-electron chi connectivity index (χ1n) is 8.02. The first-order chi connectivity index (χ1) is 11.6. The van der Waals surface area contributed by atoms with Crippen molar-refractivity contribution in [1.29, 1.82) is 0 Å². The lowest BCUT2D eigenvalue weighted by molar-refractivity contribution is 0.631. The average molecular weight is 348 g/mol. The van der Waals surface area contributed by atoms with Crippen LogP contribution in [-0.2, 0) is 0 Å². The highest BCUT2D eigenvalue weighted by Gasteiger charge is 2.16. The van der Waals surface area contributed by atoms with Gasteiger partial charge in [-0.3, -0.25) is 5.10 Å². The molecule has 1 atom stereocenters. The Kier molecular flexibility index (Phi) is 4.94. The lowest BCUT2D eigenvalue weighted by atomic mass is 10.1. The highest BCUT2D eigenvalue weighted by molar-refractivity contribution is 6.31. The van der Waals surface area contributed by atoms with Crippen LogP contribution in [0.15, 0.2) is 24.4 Å². The molecule has 0 aliphatic carbocycles. The molecule has 0 spiro atoms. The summed E-state index contributed by atoms with van der Waals surface area (Å²) in [5.41, 5.74) is 1.76. The first-order valence-corrected chi connectivity index (χ1v) is 8.40. The average Bonchev–Trinajstić information content (AvgIpc) is 2.98. The van der Waals surface area contributed by atoms with Gasteiger partial charge in [-0.15, -0.1) is 0 Å². The molecule has 126 valence electrons. The molecule has 0 saturated carbocycles. The van der Waals surface area contributed by atoms with E-state index in [1.54, 1.807) is 18.3 Å². The van der Waals surface area contributed by atoms with Gasteiger partial charge in [-0.1, -0.05) is 37.4 Å². The molecule has 2 aromatic heterocycles. The molecule has 0 saturated heterocycles. The molecule has 1 unspecified atom stereocenters. The van der Waals surface area contributed by atoms with Crippen molar-refractivity contribution in [2.45, 2.75) is 39.2 Å². The standard InChI is InChI=1S/C17H19ClFN5/c1-3-4-6-10(2)21-13-9-20-16-15(23-24-17(16)22-13)11-7-5-8-12(18)14(11)19/h5,7-10H,3-4,6H2,1-2H3,(H2,21,22,23,24). The van der Waals surface area contributed by atoms with Gasteiger partial charge in [0.1, 0.15) is 11.3 Å². The van der Waals surface area contributed by atoms with E-state index in [4.69, 9.17) is 11.6 Å². The van der Waals surface area contributed by atoms with E-state index >= 15 is 0 Å². The van der Waals surface area contributed by atoms with Gasteiger partial charge < -0.3 is 5.32 Å². The molecule has 5 nitrogen and oxygen atoms in total. The molecule has 1 aromatic carbocycles. The third-order valence-electron chi connectivity index (χ3n) is 3.87. The minimum absolute atomic E-state index is 0.0613. The van der Waals surface area contributed by atoms with Gasteiger partial charge in [-0.25, -0.2) is 14.4 Å². The van der Waals surface area contributed by atoms with E-state index < -0.39 is 5.82 Å². The molecular formula is C17H19ClFN5. The second kappa shape index (κ2) is 7.13. The van der Waals surface area contributed by atoms with Gasteiger partial charge in [0.2, 0.25) is 5.65 Å². The minimum atomic E-state index is -0.498. The van der Waals surface area contributed by atoms with Crippen LogP contribution in [0.25, 0.3) is 22.4 Å². The van der Waals surface area contributed by atoms with Gasteiger partial charge in [0.25, 0.3) is 0 Å². The Balaban J connectivity index is 1.90. The van der Waals surface area contributed by atoms with Gasteiger partial charge in [-0.2, -0.15) is 5.10 Å². The number of halogens is 2. The molecular weight excluding hydrogens is 329 g/mol. The van der Waals surface area contributed by atoms with Crippen LogP contribution in [0.1, 0.15) is 33.1 Å². The van der Waals surface area contributed by atoms with Gasteiger partial charge in [0.15, 0.2) is 5.82 Å². The molecule has 0 amide bonds. The Morgan fingerprint density at radius 1 is 1.38 bits per heavy atom. The number of fused-ring (bicyclic) bond motifs is 1. The first kappa shape index (κ1) is 16.6. The molecule has 0 bridgehead atoms. The Bertz CT molecular complexity index is 848. The molecule has 3 rings (SSSR count). The molecule has 0 aliphatic rings. The SMILES string of the molecule is CCCCC(C)Nc1cnc2c(-c3cccc(Cl)c3F)[nH]nc2n1. The molecule has 2 heterocycles. The largest absolute Gasteiger partial charge is 0.366 e. The summed E-state index contributed by atoms with van der Waals surface area (Å²) in [5.74, 6) is 0.164. The van der Waals surface area contributed by atoms with Crippen LogP contribution in [0.3, 0.4) is 0 Å². The number of H-pyrrole nitrogens is 1. The number of nitrogens with zero attached hydrogens (tertiary/aromatic N) is 3. The number of rotatable bonds is 6. The number of aromatic nitrogens is 4. The van der Waals surface area contributed by atoms with Crippen molar-refractivity contribution in [3.8, 4) is 11.3 Å². The third-order valence-corrected chi connectivity index (χ3v) is 4.16. The maximum Gasteiger partial charge on any atom is 0.202 e. The quantitative estimate of drug-likeness (QED) is 0.672. The van der Waals surface area contributed by atoms with Crippen LogP contribution in [0.2, 0.25) is 5.02 Å². The van der Waals surface area contributed by atoms with E-state index in [1.165, 1.54) is 6.07 Å². The van der Waals surface area contributed by atoms with Crippen molar-refractivity contribution in [3.05, 3.63) is 35.2 Å². The predicted molar refractivity (Wildman–Crippen MR) is 94.7 cm³/mol. The maximum absolute atomic E-state index is 14.2. The monoisotopic (exact) mass is 347 g/mol. The summed E-state index contributed by atoms with van der Waals surface area (Å²) in [7, 11) is 0. The number of benzene rings is 1. The van der Waals surface area contributed by atoms with E-state index in [0.29, 0.717) is 34.3 Å². The number of hydrogen-bond donors (Lipinski definition) is 2. The van der Waals surface area contributed by atoms with E-state index in [0.717, 1.165) is 19.3 Å². The van der Waals surface area contributed by atoms with E-state index in [-0.39, 0.29) is 5.02 Å². The molecule has 7 heteroatoms. The zero-order valence-corrected chi connectivity index (χ0v) is 14.4. The highest BCUT2D eigenvalue weighted by Crippen LogP contribution is 2.30. The van der Waals surface area contributed by atoms with Crippen LogP contribution >= 0.6 is 11.6 Å². The van der Waals surface area contributed by atoms with Gasteiger partial charge in [0, 0.05) is 11.6 Å². The Labute approximate surface area is 144 Å². The number of aromatic amines is 1. The molecule has 24 heavy (non-hydrogen) atoms. The number of nitrogens with one attached hydrogen (secondary N) is 2. The van der Waals surface area contributed by atoms with Gasteiger partial charge >= 0.3 is 0 Å². The van der Waals surface area contributed by atoms with E-state index in [1.807, 2.05) is 0 Å². The molecule has 0 radical (unpaired) electrons. The van der Waals surface area contributed by atoms with Crippen molar-refractivity contribution in [1.82, 2.24) is 20.2 Å². The Morgan fingerprint density at radius 2 is 2.21 bits per heavy atom. The highest BCUT2D eigenvalue weighted by atomic mass is 35.5. The number of hydrogen-bond acceptors (Lipinski definition) is 4. The van der Waals surface area contributed by atoms with E-state index in [9.17, 15) is 4.39 Å². The lowest BCUT2D eigenvalue weighted by Crippen LogP contribution is -2.15. The molecule has 0 fully saturated rings. The van der Waals surface area contributed by atoms with Crippen LogP contribution in [-0.4, -0.2) is 26.2 Å². The van der Waals surface area contributed by atoms with Gasteiger partial charge in [-0.05, 0) is 25.5 Å². The van der Waals surface area contributed by atoms with Crippen LogP contribution in [0.5, 0.6) is 0 Å². The summed E-state index contributed by atoms with van der Waals surface area (Å²) in [6, 6.07) is 5.13. The number of unbranched alkanes of at least 4 members (excludes halogenated alkanes) is 1. The van der Waals surface area contributed by atoms with Crippen molar-refractivity contribution in [3.63, 3.8) is 0 Å². The van der Waals surface area contributed by atoms with Crippen molar-refractivity contribution in [2.75, 3.05) is 5.32 Å². The lowest BCUT2D eigenvalue weighted by Gasteiger charge is -2.13. The van der Waals surface area contributed by atoms with Crippen LogP contribution < -0.4 is 5.32 Å². The Morgan fingerprint density at radius 3 is 3.00 bits per heavy atom. The minimum Gasteiger partial charge on any atom is -0.366 e. The summed E-state index contributed by atoms with van der Waals surface area (Å²) < 4.78 is 14.2. The fourth-order valence-electron chi connectivity index (χ4n) is 2.58. The van der Waals surface area contributed by atoms with Gasteiger partial charge in [0.05, 0.1) is 16.9 Å². The van der Waals surface area contributed by atoms with Crippen LogP contribution in [0.4, 0.5) is 10.2 Å². The zero-order chi connectivity index (χ0) is 17.1. The molecule has 2 N–H and O–H groups in total. The zero-order valence-electron chi connectivity index (χ0n) is 13.6. The normalized spacial score (nSPS) is 12.5. The Hall–Kier alpha value is -2.21. The van der Waals surface area contributed by atoms with Crippen LogP contribution in [0, 0.1) is 5.82 Å². The fourth-order valence-corrected chi connectivity index (χ4v) is 2.76. The van der Waals surface area contributed by atoms with Crippen molar-refractivity contribution < 1.29 is 4.39 Å². The van der Waals surface area contributed by atoms with Crippen molar-refractivity contribution >= 4 is 28.6 Å². The summed E-state index contributed by atoms with van der Waals surface area (Å²) >= 11 is 5.85. The van der Waals surface area contributed by atoms with Crippen molar-refractivity contribution in [2.24, 2.45) is 0 Å². The predicted octanol–water partition coefficient (Wildman–Crippen LogP) is 4.80. The second-order valence-electron chi connectivity index (χ2n) is 5.82. The second-order valence-corrected chi connectivity index (χ2v) is 6.22. The fraction of sp³-hybridized carbons (Fsp3) is 0.353. The number of anilines is 1. The van der Waals surface area contributed by atoms with E-state index in [2.05, 4.69) is 39.3 Å². The maximum atomic E-state index is 14.2. The molecule has 3 aromatic rings. The summed E-state index contributed by atoms with van der Waals surface area (Å²) in [6.45, 7) is 4.28. The summed E-state index contributed by atoms with van der Waals surface area (Å²) in [4.78, 5) is 8.84. The topological polar surface area (TPSA) is 66.5 Å². The third kappa shape index (κ3) is 3.33. The smallest absolute Gasteiger partial charge is 0.202 e. The summed E-state index contributed by atoms with van der Waals surface area (Å²) in [6.07, 6.45) is 5.02. The molecule has 0 aliphatic heterocycles.